The number of halogens is 3. The van der Waals surface area contributed by atoms with E-state index in [1.807, 2.05) is 13.8 Å². The van der Waals surface area contributed by atoms with Gasteiger partial charge in [0, 0.05) is 51.3 Å². The minimum atomic E-state index is -4.51. The molecule has 9 heteroatoms. The highest BCUT2D eigenvalue weighted by atomic mass is 19.4. The number of hydrogen-bond acceptors (Lipinski definition) is 3. The second kappa shape index (κ2) is 8.65. The molecular weight excluding hydrogens is 399 g/mol. The van der Waals surface area contributed by atoms with Crippen LogP contribution in [0.5, 0.6) is 0 Å². The van der Waals surface area contributed by atoms with Gasteiger partial charge >= 0.3 is 6.18 Å². The maximum atomic E-state index is 12.9. The molecule has 3 amide bonds. The summed E-state index contributed by atoms with van der Waals surface area (Å²) in [6.45, 7) is 6.18. The average molecular weight is 425 g/mol. The van der Waals surface area contributed by atoms with Crippen LogP contribution in [-0.2, 0) is 15.8 Å². The number of carbonyl (C=O) groups excluding carboxylic acids is 3. The van der Waals surface area contributed by atoms with Crippen LogP contribution in [0.4, 0.5) is 13.2 Å². The zero-order chi connectivity index (χ0) is 22.1. The van der Waals surface area contributed by atoms with Crippen molar-refractivity contribution < 1.29 is 27.6 Å². The molecule has 0 unspecified atom stereocenters. The molecular formula is C21H26F3N3O3. The van der Waals surface area contributed by atoms with Crippen LogP contribution in [0.2, 0.25) is 0 Å². The van der Waals surface area contributed by atoms with Gasteiger partial charge in [-0.2, -0.15) is 13.2 Å². The first-order chi connectivity index (χ1) is 14.1. The zero-order valence-corrected chi connectivity index (χ0v) is 17.1. The van der Waals surface area contributed by atoms with E-state index in [1.54, 1.807) is 9.80 Å². The number of alkyl halides is 3. The lowest BCUT2D eigenvalue weighted by Gasteiger charge is -2.36. The Hall–Kier alpha value is -2.58. The van der Waals surface area contributed by atoms with Crippen molar-refractivity contribution >= 4 is 17.7 Å². The lowest BCUT2D eigenvalue weighted by molar-refractivity contribution is -0.138. The SMILES string of the molecule is CC(C)CN1C[C@@H](C(=O)N2CCN(C(=O)c3cccc(C(F)(F)F)c3)CC2)CC1=O. The standard InChI is InChI=1S/C21H26F3N3O3/c1-14(2)12-27-13-16(11-18(27)28)20(30)26-8-6-25(7-9-26)19(29)15-4-3-5-17(10-15)21(22,23)24/h3-5,10,14,16H,6-9,11-13H2,1-2H3/t16-/m0/s1. The summed E-state index contributed by atoms with van der Waals surface area (Å²) in [5.74, 6) is -0.635. The van der Waals surface area contributed by atoms with Gasteiger partial charge in [-0.1, -0.05) is 19.9 Å². The van der Waals surface area contributed by atoms with Crippen LogP contribution in [-0.4, -0.2) is 71.7 Å². The molecule has 0 aliphatic carbocycles. The third kappa shape index (κ3) is 4.94. The van der Waals surface area contributed by atoms with Gasteiger partial charge in [-0.05, 0) is 24.1 Å². The quantitative estimate of drug-likeness (QED) is 0.745. The second-order valence-corrected chi connectivity index (χ2v) is 8.29. The predicted molar refractivity (Wildman–Crippen MR) is 103 cm³/mol. The van der Waals surface area contributed by atoms with Crippen LogP contribution in [0.15, 0.2) is 24.3 Å². The van der Waals surface area contributed by atoms with Gasteiger partial charge < -0.3 is 14.7 Å². The van der Waals surface area contributed by atoms with E-state index in [0.29, 0.717) is 32.1 Å². The van der Waals surface area contributed by atoms with E-state index in [0.717, 1.165) is 12.1 Å². The van der Waals surface area contributed by atoms with Gasteiger partial charge in [0.05, 0.1) is 11.5 Å². The Labute approximate surface area is 173 Å². The zero-order valence-electron chi connectivity index (χ0n) is 17.1. The maximum Gasteiger partial charge on any atom is 0.416 e. The topological polar surface area (TPSA) is 60.9 Å². The Bertz CT molecular complexity index is 817. The number of carbonyl (C=O) groups is 3. The summed E-state index contributed by atoms with van der Waals surface area (Å²) in [7, 11) is 0. The molecule has 0 saturated carbocycles. The molecule has 2 fully saturated rings. The highest BCUT2D eigenvalue weighted by Crippen LogP contribution is 2.30. The molecule has 1 atom stereocenters. The van der Waals surface area contributed by atoms with Gasteiger partial charge in [-0.15, -0.1) is 0 Å². The molecule has 2 heterocycles. The number of likely N-dealkylation sites (tertiary alicyclic amines) is 1. The molecule has 0 bridgehead atoms. The van der Waals surface area contributed by atoms with Gasteiger partial charge in [0.2, 0.25) is 11.8 Å². The Kier molecular flexibility index (Phi) is 6.38. The molecule has 2 aliphatic rings. The molecule has 1 aromatic carbocycles. The summed E-state index contributed by atoms with van der Waals surface area (Å²) in [5.41, 5.74) is -0.880. The van der Waals surface area contributed by atoms with E-state index >= 15 is 0 Å². The lowest BCUT2D eigenvalue weighted by Crippen LogP contribution is -2.52. The maximum absolute atomic E-state index is 12.9. The number of hydrogen-bond donors (Lipinski definition) is 0. The van der Waals surface area contributed by atoms with Crippen molar-refractivity contribution in [2.45, 2.75) is 26.4 Å². The minimum Gasteiger partial charge on any atom is -0.342 e. The molecule has 164 valence electrons. The molecule has 0 radical (unpaired) electrons. The van der Waals surface area contributed by atoms with Crippen LogP contribution in [0.25, 0.3) is 0 Å². The van der Waals surface area contributed by atoms with Crippen molar-refractivity contribution in [2.75, 3.05) is 39.3 Å². The van der Waals surface area contributed by atoms with Crippen molar-refractivity contribution in [1.29, 1.82) is 0 Å². The molecule has 1 aromatic rings. The Balaban J connectivity index is 1.57. The van der Waals surface area contributed by atoms with Gasteiger partial charge in [0.1, 0.15) is 0 Å². The highest BCUT2D eigenvalue weighted by molar-refractivity contribution is 5.95. The first-order valence-electron chi connectivity index (χ1n) is 10.1. The Morgan fingerprint density at radius 2 is 1.73 bits per heavy atom. The lowest BCUT2D eigenvalue weighted by atomic mass is 10.1. The summed E-state index contributed by atoms with van der Waals surface area (Å²) in [4.78, 5) is 42.4. The van der Waals surface area contributed by atoms with Gasteiger partial charge in [-0.25, -0.2) is 0 Å². The predicted octanol–water partition coefficient (Wildman–Crippen LogP) is 2.49. The van der Waals surface area contributed by atoms with Crippen molar-refractivity contribution in [3.05, 3.63) is 35.4 Å². The number of rotatable bonds is 4. The first kappa shape index (κ1) is 22.1. The first-order valence-corrected chi connectivity index (χ1v) is 10.1. The van der Waals surface area contributed by atoms with Crippen LogP contribution in [0.1, 0.15) is 36.2 Å². The second-order valence-electron chi connectivity index (χ2n) is 8.29. The van der Waals surface area contributed by atoms with Gasteiger partial charge in [0.25, 0.3) is 5.91 Å². The van der Waals surface area contributed by atoms with Crippen LogP contribution < -0.4 is 0 Å². The van der Waals surface area contributed by atoms with Crippen molar-refractivity contribution in [3.63, 3.8) is 0 Å². The molecule has 3 rings (SSSR count). The fourth-order valence-electron chi connectivity index (χ4n) is 3.95. The molecule has 0 N–H and O–H groups in total. The molecule has 2 saturated heterocycles. The van der Waals surface area contributed by atoms with Crippen molar-refractivity contribution in [3.8, 4) is 0 Å². The summed E-state index contributed by atoms with van der Waals surface area (Å²) < 4.78 is 38.7. The average Bonchev–Trinajstić information content (AvgIpc) is 3.06. The monoisotopic (exact) mass is 425 g/mol. The van der Waals surface area contributed by atoms with Gasteiger partial charge in [-0.3, -0.25) is 14.4 Å². The molecule has 0 spiro atoms. The number of nitrogens with zero attached hydrogens (tertiary/aromatic N) is 3. The molecule has 2 aliphatic heterocycles. The van der Waals surface area contributed by atoms with Crippen molar-refractivity contribution in [1.82, 2.24) is 14.7 Å². The van der Waals surface area contributed by atoms with Crippen LogP contribution >= 0.6 is 0 Å². The largest absolute Gasteiger partial charge is 0.416 e. The van der Waals surface area contributed by atoms with E-state index in [2.05, 4.69) is 0 Å². The molecule has 30 heavy (non-hydrogen) atoms. The van der Waals surface area contributed by atoms with E-state index in [-0.39, 0.29) is 42.8 Å². The summed E-state index contributed by atoms with van der Waals surface area (Å²) in [6.07, 6.45) is -4.31. The summed E-state index contributed by atoms with van der Waals surface area (Å²) in [5, 5.41) is 0. The third-order valence-electron chi connectivity index (χ3n) is 5.46. The number of piperazine rings is 1. The fourth-order valence-corrected chi connectivity index (χ4v) is 3.95. The number of amides is 3. The normalized spacial score (nSPS) is 20.3. The fraction of sp³-hybridized carbons (Fsp3) is 0.571. The van der Waals surface area contributed by atoms with E-state index < -0.39 is 17.6 Å². The van der Waals surface area contributed by atoms with E-state index in [4.69, 9.17) is 0 Å². The third-order valence-corrected chi connectivity index (χ3v) is 5.46. The Morgan fingerprint density at radius 1 is 1.10 bits per heavy atom. The Morgan fingerprint density at radius 3 is 2.33 bits per heavy atom. The highest BCUT2D eigenvalue weighted by Gasteiger charge is 2.38. The number of benzene rings is 1. The van der Waals surface area contributed by atoms with E-state index in [9.17, 15) is 27.6 Å². The van der Waals surface area contributed by atoms with Gasteiger partial charge in [0.15, 0.2) is 0 Å². The van der Waals surface area contributed by atoms with Crippen molar-refractivity contribution in [2.24, 2.45) is 11.8 Å². The van der Waals surface area contributed by atoms with E-state index in [1.165, 1.54) is 17.0 Å². The smallest absolute Gasteiger partial charge is 0.342 e. The summed E-state index contributed by atoms with van der Waals surface area (Å²) in [6, 6.07) is 4.37. The minimum absolute atomic E-state index is 0.0135. The van der Waals surface area contributed by atoms with Crippen LogP contribution in [0.3, 0.4) is 0 Å². The summed E-state index contributed by atoms with van der Waals surface area (Å²) >= 11 is 0. The molecule has 0 aromatic heterocycles. The molecule has 6 nitrogen and oxygen atoms in total. The van der Waals surface area contributed by atoms with Crippen LogP contribution in [0, 0.1) is 11.8 Å².